The van der Waals surface area contributed by atoms with Crippen molar-refractivity contribution in [3.05, 3.63) is 71.8 Å². The Morgan fingerprint density at radius 2 is 1.73 bits per heavy atom. The van der Waals surface area contributed by atoms with E-state index in [1.165, 1.54) is 28.9 Å². The number of rotatable bonds is 1. The van der Waals surface area contributed by atoms with Gasteiger partial charge in [-0.2, -0.15) is 0 Å². The van der Waals surface area contributed by atoms with Gasteiger partial charge in [0.15, 0.2) is 0 Å². The molecule has 108 valence electrons. The molecule has 1 saturated heterocycles. The number of anilines is 1. The molecule has 0 aliphatic carbocycles. The average molecular weight is 304 g/mol. The number of benzene rings is 2. The molecule has 5 rings (SSSR count). The predicted octanol–water partition coefficient (Wildman–Crippen LogP) is 4.00. The maximum absolute atomic E-state index is 5.69. The first-order valence-electron chi connectivity index (χ1n) is 7.80. The van der Waals surface area contributed by atoms with Crippen molar-refractivity contribution in [1.82, 2.24) is 4.90 Å². The Kier molecular flexibility index (Phi) is 2.50. The lowest BCUT2D eigenvalue weighted by atomic mass is 9.98. The number of fused-ring (bicyclic) bond motifs is 3. The Morgan fingerprint density at radius 3 is 2.59 bits per heavy atom. The second kappa shape index (κ2) is 4.43. The minimum atomic E-state index is 0.366. The number of para-hydroxylation sites is 1. The van der Waals surface area contributed by atoms with E-state index in [-0.39, 0.29) is 0 Å². The molecule has 0 radical (unpaired) electrons. The molecular weight excluding hydrogens is 288 g/mol. The van der Waals surface area contributed by atoms with Gasteiger partial charge in [0.05, 0.1) is 5.70 Å². The number of nitrogens with zero attached hydrogens (tertiary/aromatic N) is 2. The van der Waals surface area contributed by atoms with Gasteiger partial charge in [0.25, 0.3) is 0 Å². The molecule has 3 aliphatic rings. The maximum atomic E-state index is 5.69. The first-order chi connectivity index (χ1) is 10.8. The zero-order valence-electron chi connectivity index (χ0n) is 12.1. The largest absolute Gasteiger partial charge is 0.341 e. The summed E-state index contributed by atoms with van der Waals surface area (Å²) in [6, 6.07) is 19.4. The molecule has 0 amide bonds. The summed E-state index contributed by atoms with van der Waals surface area (Å²) in [6.07, 6.45) is 3.73. The van der Waals surface area contributed by atoms with Crippen LogP contribution in [0, 0.1) is 0 Å². The van der Waals surface area contributed by atoms with Crippen LogP contribution in [0.3, 0.4) is 0 Å². The third-order valence-corrected chi connectivity index (χ3v) is 5.45. The first-order valence-corrected chi connectivity index (χ1v) is 8.21. The van der Waals surface area contributed by atoms with Gasteiger partial charge in [-0.25, -0.2) is 0 Å². The number of thiocarbonyl (C=S) groups is 1. The van der Waals surface area contributed by atoms with Crippen molar-refractivity contribution in [3.8, 4) is 0 Å². The molecule has 0 saturated carbocycles. The molecule has 3 aliphatic heterocycles. The summed E-state index contributed by atoms with van der Waals surface area (Å²) in [4.78, 5) is 5.88. The molecule has 2 aromatic rings. The zero-order chi connectivity index (χ0) is 14.7. The minimum absolute atomic E-state index is 0.366. The smallest absolute Gasteiger partial charge is 0.114 e. The fourth-order valence-electron chi connectivity index (χ4n) is 4.19. The summed E-state index contributed by atoms with van der Waals surface area (Å²) >= 11 is 5.69. The molecule has 3 heteroatoms. The lowest BCUT2D eigenvalue weighted by molar-refractivity contribution is 0.392. The topological polar surface area (TPSA) is 6.48 Å². The molecule has 0 spiro atoms. The Morgan fingerprint density at radius 1 is 0.955 bits per heavy atom. The summed E-state index contributed by atoms with van der Waals surface area (Å²) in [6.45, 7) is 1.07. The van der Waals surface area contributed by atoms with E-state index in [1.54, 1.807) is 0 Å². The molecule has 3 heterocycles. The third-order valence-electron chi connectivity index (χ3n) is 5.09. The molecule has 2 aromatic carbocycles. The molecule has 0 unspecified atom stereocenters. The molecule has 0 bridgehead atoms. The lowest BCUT2D eigenvalue weighted by Crippen LogP contribution is -2.48. The van der Waals surface area contributed by atoms with Crippen LogP contribution in [0.4, 0.5) is 5.69 Å². The molecule has 0 N–H and O–H groups in total. The number of hydrogen-bond donors (Lipinski definition) is 0. The zero-order valence-corrected chi connectivity index (χ0v) is 13.0. The normalized spacial score (nSPS) is 25.1. The fourth-order valence-corrected chi connectivity index (χ4v) is 4.50. The minimum Gasteiger partial charge on any atom is -0.341 e. The van der Waals surface area contributed by atoms with Gasteiger partial charge in [0, 0.05) is 18.2 Å². The SMILES string of the molecule is S=C1C=C(c2ccccc2)N2c3ccccc3[C@@H]3CCN1[C@@H]32. The average Bonchev–Trinajstić information content (AvgIpc) is 3.13. The highest BCUT2D eigenvalue weighted by atomic mass is 32.1. The second-order valence-corrected chi connectivity index (χ2v) is 6.58. The lowest BCUT2D eigenvalue weighted by Gasteiger charge is -2.40. The monoisotopic (exact) mass is 304 g/mol. The van der Waals surface area contributed by atoms with Crippen LogP contribution in [0.25, 0.3) is 5.70 Å². The van der Waals surface area contributed by atoms with Gasteiger partial charge >= 0.3 is 0 Å². The molecule has 1 fully saturated rings. The van der Waals surface area contributed by atoms with Crippen LogP contribution in [-0.2, 0) is 0 Å². The van der Waals surface area contributed by atoms with Gasteiger partial charge in [-0.3, -0.25) is 0 Å². The standard InChI is InChI=1S/C19H16N2S/c22-18-12-17(13-6-2-1-3-7-13)21-16-9-5-4-8-14(16)15-10-11-20(18)19(15)21/h1-9,12,15,19H,10-11H2/t15-,19+/m0/s1. The van der Waals surface area contributed by atoms with E-state index in [0.29, 0.717) is 12.1 Å². The van der Waals surface area contributed by atoms with E-state index >= 15 is 0 Å². The second-order valence-electron chi connectivity index (χ2n) is 6.16. The van der Waals surface area contributed by atoms with Crippen molar-refractivity contribution in [2.24, 2.45) is 0 Å². The molecule has 2 atom stereocenters. The Labute approximate surface area is 135 Å². The highest BCUT2D eigenvalue weighted by Gasteiger charge is 2.49. The van der Waals surface area contributed by atoms with Crippen LogP contribution in [0.5, 0.6) is 0 Å². The van der Waals surface area contributed by atoms with Gasteiger partial charge in [0.2, 0.25) is 0 Å². The van der Waals surface area contributed by atoms with Crippen molar-refractivity contribution in [2.75, 3.05) is 11.4 Å². The van der Waals surface area contributed by atoms with E-state index in [4.69, 9.17) is 12.2 Å². The third kappa shape index (κ3) is 1.52. The number of hydrogen-bond acceptors (Lipinski definition) is 2. The maximum Gasteiger partial charge on any atom is 0.114 e. The highest BCUT2D eigenvalue weighted by Crippen LogP contribution is 2.52. The highest BCUT2D eigenvalue weighted by molar-refractivity contribution is 7.80. The summed E-state index contributed by atoms with van der Waals surface area (Å²) in [7, 11) is 0. The van der Waals surface area contributed by atoms with Gasteiger partial charge < -0.3 is 9.80 Å². The van der Waals surface area contributed by atoms with E-state index < -0.39 is 0 Å². The van der Waals surface area contributed by atoms with E-state index in [0.717, 1.165) is 11.5 Å². The van der Waals surface area contributed by atoms with Crippen LogP contribution in [0.2, 0.25) is 0 Å². The first kappa shape index (κ1) is 12.4. The summed E-state index contributed by atoms with van der Waals surface area (Å²) in [5.74, 6) is 0.571. The molecular formula is C19H16N2S. The summed E-state index contributed by atoms with van der Waals surface area (Å²) < 4.78 is 0. The Hall–Kier alpha value is -2.13. The van der Waals surface area contributed by atoms with Crippen LogP contribution < -0.4 is 4.90 Å². The van der Waals surface area contributed by atoms with Crippen LogP contribution in [-0.4, -0.2) is 22.6 Å². The Bertz CT molecular complexity index is 796. The predicted molar refractivity (Wildman–Crippen MR) is 93.8 cm³/mol. The quantitative estimate of drug-likeness (QED) is 0.735. The Balaban J connectivity index is 1.74. The van der Waals surface area contributed by atoms with Crippen molar-refractivity contribution in [1.29, 1.82) is 0 Å². The van der Waals surface area contributed by atoms with E-state index in [9.17, 15) is 0 Å². The van der Waals surface area contributed by atoms with Crippen molar-refractivity contribution in [2.45, 2.75) is 18.5 Å². The van der Waals surface area contributed by atoms with E-state index in [1.807, 2.05) is 0 Å². The van der Waals surface area contributed by atoms with E-state index in [2.05, 4.69) is 70.5 Å². The molecule has 0 aromatic heterocycles. The summed E-state index contributed by atoms with van der Waals surface area (Å²) in [5, 5.41) is 0. The van der Waals surface area contributed by atoms with Gasteiger partial charge in [-0.05, 0) is 29.7 Å². The molecule has 2 nitrogen and oxygen atoms in total. The van der Waals surface area contributed by atoms with Crippen molar-refractivity contribution >= 4 is 28.6 Å². The van der Waals surface area contributed by atoms with Crippen LogP contribution >= 0.6 is 12.2 Å². The van der Waals surface area contributed by atoms with Crippen molar-refractivity contribution < 1.29 is 0 Å². The van der Waals surface area contributed by atoms with Gasteiger partial charge in [0.1, 0.15) is 11.2 Å². The van der Waals surface area contributed by atoms with Gasteiger partial charge in [-0.15, -0.1) is 0 Å². The van der Waals surface area contributed by atoms with Crippen LogP contribution in [0.1, 0.15) is 23.5 Å². The fraction of sp³-hybridized carbons (Fsp3) is 0.211. The van der Waals surface area contributed by atoms with Gasteiger partial charge in [-0.1, -0.05) is 60.7 Å². The van der Waals surface area contributed by atoms with Crippen molar-refractivity contribution in [3.63, 3.8) is 0 Å². The summed E-state index contributed by atoms with van der Waals surface area (Å²) in [5.41, 5.74) is 5.30. The van der Waals surface area contributed by atoms with Crippen LogP contribution in [0.15, 0.2) is 60.7 Å². The molecule has 22 heavy (non-hydrogen) atoms.